The standard InChI is InChI=1S/C12H9N3O2/c16-11-13-14-12(17)15(11)10-6-5-8-3-1-2-4-9(8)7-10/h1-7H,(H,13,16)(H,14,17). The van der Waals surface area contributed by atoms with Gasteiger partial charge in [0, 0.05) is 0 Å². The van der Waals surface area contributed by atoms with E-state index >= 15 is 0 Å². The van der Waals surface area contributed by atoms with E-state index in [1.165, 1.54) is 0 Å². The number of aromatic amines is 2. The number of rotatable bonds is 1. The van der Waals surface area contributed by atoms with Crippen LogP contribution in [0.5, 0.6) is 0 Å². The summed E-state index contributed by atoms with van der Waals surface area (Å²) in [5.74, 6) is 0. The summed E-state index contributed by atoms with van der Waals surface area (Å²) in [7, 11) is 0. The fourth-order valence-corrected chi connectivity index (χ4v) is 1.86. The molecule has 1 heterocycles. The highest BCUT2D eigenvalue weighted by Crippen LogP contribution is 2.16. The maximum Gasteiger partial charge on any atom is 0.348 e. The highest BCUT2D eigenvalue weighted by molar-refractivity contribution is 5.84. The van der Waals surface area contributed by atoms with Gasteiger partial charge >= 0.3 is 11.4 Å². The van der Waals surface area contributed by atoms with E-state index in [9.17, 15) is 9.59 Å². The molecule has 0 saturated heterocycles. The second-order valence-electron chi connectivity index (χ2n) is 3.73. The third kappa shape index (κ3) is 1.48. The maximum atomic E-state index is 11.5. The lowest BCUT2D eigenvalue weighted by molar-refractivity contribution is 0.954. The molecule has 0 saturated carbocycles. The third-order valence-electron chi connectivity index (χ3n) is 2.67. The minimum absolute atomic E-state index is 0.467. The molecule has 3 rings (SSSR count). The Bertz CT molecular complexity index is 767. The SMILES string of the molecule is O=c1[nH][nH]c(=O)n1-c1ccc2ccccc2c1. The van der Waals surface area contributed by atoms with E-state index in [0.29, 0.717) is 5.69 Å². The van der Waals surface area contributed by atoms with Gasteiger partial charge in [-0.3, -0.25) is 0 Å². The summed E-state index contributed by atoms with van der Waals surface area (Å²) in [6.45, 7) is 0. The molecule has 5 heteroatoms. The molecule has 17 heavy (non-hydrogen) atoms. The zero-order valence-electron chi connectivity index (χ0n) is 8.81. The summed E-state index contributed by atoms with van der Waals surface area (Å²) >= 11 is 0. The van der Waals surface area contributed by atoms with Crippen LogP contribution in [0.2, 0.25) is 0 Å². The molecule has 0 aliphatic carbocycles. The van der Waals surface area contributed by atoms with Crippen LogP contribution in [0.1, 0.15) is 0 Å². The van der Waals surface area contributed by atoms with Gasteiger partial charge in [-0.2, -0.15) is 0 Å². The molecule has 84 valence electrons. The van der Waals surface area contributed by atoms with Crippen LogP contribution in [0, 0.1) is 0 Å². The fraction of sp³-hybridized carbons (Fsp3) is 0. The molecule has 0 aliphatic rings. The summed E-state index contributed by atoms with van der Waals surface area (Å²) in [5, 5.41) is 6.56. The zero-order chi connectivity index (χ0) is 11.8. The summed E-state index contributed by atoms with van der Waals surface area (Å²) in [5.41, 5.74) is -0.383. The fourth-order valence-electron chi connectivity index (χ4n) is 1.86. The summed E-state index contributed by atoms with van der Waals surface area (Å²) in [6.07, 6.45) is 0. The number of fused-ring (bicyclic) bond motifs is 1. The van der Waals surface area contributed by atoms with Crippen LogP contribution in [0.15, 0.2) is 52.1 Å². The second-order valence-corrected chi connectivity index (χ2v) is 3.73. The van der Waals surface area contributed by atoms with Crippen molar-refractivity contribution in [2.75, 3.05) is 0 Å². The summed E-state index contributed by atoms with van der Waals surface area (Å²) in [6, 6.07) is 13.2. The summed E-state index contributed by atoms with van der Waals surface area (Å²) < 4.78 is 1.06. The van der Waals surface area contributed by atoms with Crippen molar-refractivity contribution >= 4 is 10.8 Å². The molecule has 0 aliphatic heterocycles. The van der Waals surface area contributed by atoms with Gasteiger partial charge in [0.2, 0.25) is 0 Å². The Morgan fingerprint density at radius 2 is 1.47 bits per heavy atom. The molecule has 3 aromatic rings. The second kappa shape index (κ2) is 3.48. The predicted molar refractivity (Wildman–Crippen MR) is 64.5 cm³/mol. The van der Waals surface area contributed by atoms with Crippen molar-refractivity contribution < 1.29 is 0 Å². The normalized spacial score (nSPS) is 10.8. The summed E-state index contributed by atoms with van der Waals surface area (Å²) in [4.78, 5) is 22.9. The topological polar surface area (TPSA) is 70.7 Å². The molecule has 1 aromatic heterocycles. The van der Waals surface area contributed by atoms with E-state index < -0.39 is 11.4 Å². The molecule has 0 spiro atoms. The van der Waals surface area contributed by atoms with Crippen LogP contribution >= 0.6 is 0 Å². The molecule has 2 aromatic carbocycles. The minimum atomic E-state index is -0.467. The van der Waals surface area contributed by atoms with E-state index in [2.05, 4.69) is 10.2 Å². The van der Waals surface area contributed by atoms with Gasteiger partial charge in [-0.15, -0.1) is 0 Å². The molecule has 2 N–H and O–H groups in total. The highest BCUT2D eigenvalue weighted by atomic mass is 16.2. The van der Waals surface area contributed by atoms with Gasteiger partial charge in [-0.1, -0.05) is 30.3 Å². The van der Waals surface area contributed by atoms with E-state index in [-0.39, 0.29) is 0 Å². The number of benzene rings is 2. The highest BCUT2D eigenvalue weighted by Gasteiger charge is 2.05. The van der Waals surface area contributed by atoms with Gasteiger partial charge in [0.25, 0.3) is 0 Å². The van der Waals surface area contributed by atoms with Gasteiger partial charge in [-0.05, 0) is 22.9 Å². The zero-order valence-corrected chi connectivity index (χ0v) is 8.81. The predicted octanol–water partition coefficient (Wildman–Crippen LogP) is 1.01. The van der Waals surface area contributed by atoms with Crippen molar-refractivity contribution in [2.45, 2.75) is 0 Å². The lowest BCUT2D eigenvalue weighted by Crippen LogP contribution is -2.24. The molecule has 0 unspecified atom stereocenters. The number of H-pyrrole nitrogens is 2. The van der Waals surface area contributed by atoms with Gasteiger partial charge in [-0.25, -0.2) is 24.4 Å². The van der Waals surface area contributed by atoms with E-state index in [1.54, 1.807) is 12.1 Å². The van der Waals surface area contributed by atoms with Crippen molar-refractivity contribution in [3.8, 4) is 5.69 Å². The van der Waals surface area contributed by atoms with Gasteiger partial charge < -0.3 is 0 Å². The first kappa shape index (κ1) is 9.65. The van der Waals surface area contributed by atoms with Crippen LogP contribution in [0.4, 0.5) is 0 Å². The molecular formula is C12H9N3O2. The lowest BCUT2D eigenvalue weighted by Gasteiger charge is -2.01. The van der Waals surface area contributed by atoms with Gasteiger partial charge in [0.05, 0.1) is 5.69 Å². The molecule has 0 fully saturated rings. The average Bonchev–Trinajstić information content (AvgIpc) is 2.68. The Morgan fingerprint density at radius 1 is 0.824 bits per heavy atom. The quantitative estimate of drug-likeness (QED) is 0.651. The van der Waals surface area contributed by atoms with E-state index in [1.807, 2.05) is 30.3 Å². The van der Waals surface area contributed by atoms with Gasteiger partial charge in [0.1, 0.15) is 0 Å². The Kier molecular flexibility index (Phi) is 1.98. The van der Waals surface area contributed by atoms with Crippen LogP contribution in [-0.4, -0.2) is 14.8 Å². The first-order valence-corrected chi connectivity index (χ1v) is 5.14. The van der Waals surface area contributed by atoms with Crippen molar-refractivity contribution in [3.05, 3.63) is 63.4 Å². The number of nitrogens with zero attached hydrogens (tertiary/aromatic N) is 1. The molecule has 0 radical (unpaired) electrons. The van der Waals surface area contributed by atoms with Crippen LogP contribution < -0.4 is 11.4 Å². The Labute approximate surface area is 95.3 Å². The van der Waals surface area contributed by atoms with Crippen molar-refractivity contribution in [1.29, 1.82) is 0 Å². The van der Waals surface area contributed by atoms with Crippen molar-refractivity contribution in [2.24, 2.45) is 0 Å². The third-order valence-corrected chi connectivity index (χ3v) is 2.67. The number of aromatic nitrogens is 3. The minimum Gasteiger partial charge on any atom is -0.247 e. The molecule has 0 amide bonds. The molecular weight excluding hydrogens is 218 g/mol. The molecule has 5 nitrogen and oxygen atoms in total. The first-order valence-electron chi connectivity index (χ1n) is 5.14. The Balaban J connectivity index is 2.32. The molecule has 0 atom stereocenters. The van der Waals surface area contributed by atoms with Crippen LogP contribution in [0.3, 0.4) is 0 Å². The Morgan fingerprint density at radius 3 is 2.18 bits per heavy atom. The monoisotopic (exact) mass is 227 g/mol. The van der Waals surface area contributed by atoms with Crippen LogP contribution in [-0.2, 0) is 0 Å². The van der Waals surface area contributed by atoms with Gasteiger partial charge in [0.15, 0.2) is 0 Å². The van der Waals surface area contributed by atoms with E-state index in [0.717, 1.165) is 15.3 Å². The molecule has 0 bridgehead atoms. The van der Waals surface area contributed by atoms with E-state index in [4.69, 9.17) is 0 Å². The largest absolute Gasteiger partial charge is 0.348 e. The average molecular weight is 227 g/mol. The number of nitrogens with one attached hydrogen (secondary N) is 2. The number of hydrogen-bond acceptors (Lipinski definition) is 2. The van der Waals surface area contributed by atoms with Crippen molar-refractivity contribution in [1.82, 2.24) is 14.8 Å². The number of hydrogen-bond donors (Lipinski definition) is 2. The Hall–Kier alpha value is -2.56. The van der Waals surface area contributed by atoms with Crippen molar-refractivity contribution in [3.63, 3.8) is 0 Å². The first-order chi connectivity index (χ1) is 8.25. The lowest BCUT2D eigenvalue weighted by atomic mass is 10.1. The van der Waals surface area contributed by atoms with Crippen LogP contribution in [0.25, 0.3) is 16.5 Å². The maximum absolute atomic E-state index is 11.5. The smallest absolute Gasteiger partial charge is 0.247 e.